The van der Waals surface area contributed by atoms with Crippen LogP contribution in [-0.4, -0.2) is 47.5 Å². The highest BCUT2D eigenvalue weighted by molar-refractivity contribution is 9.10. The molecule has 0 radical (unpaired) electrons. The predicted octanol–water partition coefficient (Wildman–Crippen LogP) is 3.43. The number of halogens is 1. The van der Waals surface area contributed by atoms with Gasteiger partial charge in [0, 0.05) is 34.1 Å². The van der Waals surface area contributed by atoms with E-state index in [1.807, 2.05) is 45.3 Å². The standard InChI is InChI=1S/C18H29BrN2O2S/c1-14(18(2,3)13-21(4)5)20-17(22)7-6-12-24(23)16-10-8-15(19)9-11-16/h8-11,14H,6-7,12-13H2,1-5H3,(H,20,22)/t14-,24+/m1/s1. The minimum absolute atomic E-state index is 0.000591. The van der Waals surface area contributed by atoms with Gasteiger partial charge in [0.1, 0.15) is 0 Å². The van der Waals surface area contributed by atoms with Crippen LogP contribution in [0.25, 0.3) is 0 Å². The molecule has 6 heteroatoms. The quantitative estimate of drug-likeness (QED) is 0.670. The van der Waals surface area contributed by atoms with Crippen molar-refractivity contribution in [3.05, 3.63) is 28.7 Å². The van der Waals surface area contributed by atoms with Crippen LogP contribution in [0.2, 0.25) is 0 Å². The third-order valence-corrected chi connectivity index (χ3v) is 6.07. The van der Waals surface area contributed by atoms with E-state index >= 15 is 0 Å². The zero-order valence-electron chi connectivity index (χ0n) is 15.3. The summed E-state index contributed by atoms with van der Waals surface area (Å²) in [6.45, 7) is 7.25. The van der Waals surface area contributed by atoms with Crippen LogP contribution in [0.4, 0.5) is 0 Å². The predicted molar refractivity (Wildman–Crippen MR) is 105 cm³/mol. The molecule has 0 bridgehead atoms. The van der Waals surface area contributed by atoms with E-state index < -0.39 is 10.8 Å². The molecule has 1 aromatic carbocycles. The molecule has 0 saturated carbocycles. The first kappa shape index (κ1) is 21.3. The fraction of sp³-hybridized carbons (Fsp3) is 0.611. The number of carbonyl (C=O) groups excluding carboxylic acids is 1. The summed E-state index contributed by atoms with van der Waals surface area (Å²) < 4.78 is 13.2. The third-order valence-electron chi connectivity index (χ3n) is 4.08. The van der Waals surface area contributed by atoms with Crippen molar-refractivity contribution in [2.24, 2.45) is 5.41 Å². The number of benzene rings is 1. The number of hydrogen-bond donors (Lipinski definition) is 1. The van der Waals surface area contributed by atoms with Gasteiger partial charge in [0.2, 0.25) is 5.91 Å². The Morgan fingerprint density at radius 3 is 2.42 bits per heavy atom. The van der Waals surface area contributed by atoms with E-state index in [4.69, 9.17) is 0 Å². The molecule has 1 N–H and O–H groups in total. The molecule has 0 aromatic heterocycles. The molecule has 0 aliphatic carbocycles. The Morgan fingerprint density at radius 2 is 1.88 bits per heavy atom. The van der Waals surface area contributed by atoms with Gasteiger partial charge in [-0.25, -0.2) is 0 Å². The lowest BCUT2D eigenvalue weighted by atomic mass is 9.85. The lowest BCUT2D eigenvalue weighted by molar-refractivity contribution is -0.122. The van der Waals surface area contributed by atoms with Crippen LogP contribution in [0.15, 0.2) is 33.6 Å². The first-order valence-electron chi connectivity index (χ1n) is 8.20. The van der Waals surface area contributed by atoms with Crippen molar-refractivity contribution in [1.29, 1.82) is 0 Å². The van der Waals surface area contributed by atoms with Crippen molar-refractivity contribution in [3.8, 4) is 0 Å². The summed E-state index contributed by atoms with van der Waals surface area (Å²) in [4.78, 5) is 15.1. The van der Waals surface area contributed by atoms with Crippen LogP contribution in [-0.2, 0) is 15.6 Å². The Morgan fingerprint density at radius 1 is 1.29 bits per heavy atom. The molecule has 0 heterocycles. The maximum absolute atomic E-state index is 12.2. The van der Waals surface area contributed by atoms with E-state index in [0.29, 0.717) is 18.6 Å². The number of nitrogens with zero attached hydrogens (tertiary/aromatic N) is 1. The van der Waals surface area contributed by atoms with Crippen LogP contribution in [0.3, 0.4) is 0 Å². The molecule has 0 unspecified atom stereocenters. The molecule has 0 saturated heterocycles. The molecule has 1 rings (SSSR count). The van der Waals surface area contributed by atoms with Crippen LogP contribution >= 0.6 is 15.9 Å². The Labute approximate surface area is 157 Å². The summed E-state index contributed by atoms with van der Waals surface area (Å²) in [6, 6.07) is 7.56. The fourth-order valence-electron chi connectivity index (χ4n) is 2.53. The summed E-state index contributed by atoms with van der Waals surface area (Å²) in [6.07, 6.45) is 1.03. The largest absolute Gasteiger partial charge is 0.353 e. The zero-order valence-corrected chi connectivity index (χ0v) is 17.7. The van der Waals surface area contributed by atoms with Crippen molar-refractivity contribution in [2.75, 3.05) is 26.4 Å². The lowest BCUT2D eigenvalue weighted by Crippen LogP contribution is -2.47. The number of carbonyl (C=O) groups is 1. The SMILES string of the molecule is C[C@@H](NC(=O)CCC[S@](=O)c1ccc(Br)cc1)C(C)(C)CN(C)C. The van der Waals surface area contributed by atoms with Gasteiger partial charge in [0.15, 0.2) is 0 Å². The molecule has 4 nitrogen and oxygen atoms in total. The van der Waals surface area contributed by atoms with Gasteiger partial charge in [-0.05, 0) is 57.1 Å². The Bertz CT molecular complexity index is 559. The maximum atomic E-state index is 12.2. The average molecular weight is 417 g/mol. The van der Waals surface area contributed by atoms with Gasteiger partial charge in [-0.2, -0.15) is 0 Å². The number of nitrogens with one attached hydrogen (secondary N) is 1. The average Bonchev–Trinajstić information content (AvgIpc) is 2.46. The zero-order chi connectivity index (χ0) is 18.3. The molecular weight excluding hydrogens is 388 g/mol. The van der Waals surface area contributed by atoms with Gasteiger partial charge < -0.3 is 10.2 Å². The van der Waals surface area contributed by atoms with E-state index in [9.17, 15) is 9.00 Å². The van der Waals surface area contributed by atoms with E-state index in [2.05, 4.69) is 40.0 Å². The minimum Gasteiger partial charge on any atom is -0.353 e. The summed E-state index contributed by atoms with van der Waals surface area (Å²) in [5.74, 6) is 0.534. The summed E-state index contributed by atoms with van der Waals surface area (Å²) in [7, 11) is 3.02. The fourth-order valence-corrected chi connectivity index (χ4v) is 3.88. The smallest absolute Gasteiger partial charge is 0.220 e. The lowest BCUT2D eigenvalue weighted by Gasteiger charge is -2.34. The van der Waals surface area contributed by atoms with Crippen molar-refractivity contribution in [1.82, 2.24) is 10.2 Å². The van der Waals surface area contributed by atoms with E-state index in [-0.39, 0.29) is 17.4 Å². The van der Waals surface area contributed by atoms with Crippen molar-refractivity contribution in [2.45, 2.75) is 44.6 Å². The van der Waals surface area contributed by atoms with Crippen molar-refractivity contribution in [3.63, 3.8) is 0 Å². The van der Waals surface area contributed by atoms with Gasteiger partial charge in [-0.3, -0.25) is 9.00 Å². The second-order valence-electron chi connectivity index (χ2n) is 7.12. The summed E-state index contributed by atoms with van der Waals surface area (Å²) in [5, 5.41) is 3.08. The number of amides is 1. The molecule has 1 aromatic rings. The Kier molecular flexibility index (Phi) is 8.60. The summed E-state index contributed by atoms with van der Waals surface area (Å²) >= 11 is 3.36. The van der Waals surface area contributed by atoms with E-state index in [1.54, 1.807) is 0 Å². The molecule has 136 valence electrons. The van der Waals surface area contributed by atoms with Crippen LogP contribution < -0.4 is 5.32 Å². The molecule has 2 atom stereocenters. The van der Waals surface area contributed by atoms with Gasteiger partial charge in [0.05, 0.1) is 10.8 Å². The first-order chi connectivity index (χ1) is 11.1. The highest BCUT2D eigenvalue weighted by atomic mass is 79.9. The summed E-state index contributed by atoms with van der Waals surface area (Å²) in [5.41, 5.74) is -0.000591. The topological polar surface area (TPSA) is 49.4 Å². The minimum atomic E-state index is -1.05. The second kappa shape index (κ2) is 9.68. The Balaban J connectivity index is 2.38. The van der Waals surface area contributed by atoms with Crippen LogP contribution in [0.5, 0.6) is 0 Å². The van der Waals surface area contributed by atoms with Crippen LogP contribution in [0, 0.1) is 5.41 Å². The van der Waals surface area contributed by atoms with Gasteiger partial charge in [-0.1, -0.05) is 29.8 Å². The third kappa shape index (κ3) is 7.45. The molecule has 24 heavy (non-hydrogen) atoms. The van der Waals surface area contributed by atoms with E-state index in [1.165, 1.54) is 0 Å². The van der Waals surface area contributed by atoms with Crippen LogP contribution in [0.1, 0.15) is 33.6 Å². The maximum Gasteiger partial charge on any atom is 0.220 e. The second-order valence-corrected chi connectivity index (χ2v) is 9.61. The van der Waals surface area contributed by atoms with Crippen molar-refractivity contribution < 1.29 is 9.00 Å². The van der Waals surface area contributed by atoms with E-state index in [0.717, 1.165) is 15.9 Å². The molecule has 1 amide bonds. The van der Waals surface area contributed by atoms with Crippen molar-refractivity contribution >= 4 is 32.6 Å². The number of rotatable bonds is 9. The monoisotopic (exact) mass is 416 g/mol. The normalized spacial score (nSPS) is 14.5. The highest BCUT2D eigenvalue weighted by Crippen LogP contribution is 2.21. The first-order valence-corrected chi connectivity index (χ1v) is 10.3. The Hall–Kier alpha value is -0.720. The molecule has 0 aliphatic rings. The van der Waals surface area contributed by atoms with Gasteiger partial charge >= 0.3 is 0 Å². The highest BCUT2D eigenvalue weighted by Gasteiger charge is 2.27. The molecular formula is C18H29BrN2O2S. The van der Waals surface area contributed by atoms with Gasteiger partial charge in [0.25, 0.3) is 0 Å². The number of hydrogen-bond acceptors (Lipinski definition) is 3. The van der Waals surface area contributed by atoms with Gasteiger partial charge in [-0.15, -0.1) is 0 Å². The molecule has 0 aliphatic heterocycles. The molecule has 0 spiro atoms. The molecule has 0 fully saturated rings.